The van der Waals surface area contributed by atoms with E-state index in [4.69, 9.17) is 4.74 Å². The minimum Gasteiger partial charge on any atom is -0.494 e. The van der Waals surface area contributed by atoms with Gasteiger partial charge in [0.15, 0.2) is 17.2 Å². The number of rotatable bonds is 8. The molecule has 1 fully saturated rings. The number of hydrogen-bond acceptors (Lipinski definition) is 6. The highest BCUT2D eigenvalue weighted by Crippen LogP contribution is 2.40. The number of nitrogens with one attached hydrogen (secondary N) is 2. The van der Waals surface area contributed by atoms with Gasteiger partial charge in [-0.15, -0.1) is 0 Å². The van der Waals surface area contributed by atoms with Crippen LogP contribution in [0.5, 0.6) is 5.75 Å². The molecule has 1 aliphatic rings. The highest BCUT2D eigenvalue weighted by Gasteiger charge is 2.30. The van der Waals surface area contributed by atoms with Gasteiger partial charge >= 0.3 is 5.97 Å². The Morgan fingerprint density at radius 2 is 2.06 bits per heavy atom. The number of para-hydroxylation sites is 1. The molecule has 1 aliphatic carbocycles. The van der Waals surface area contributed by atoms with E-state index in [9.17, 15) is 23.5 Å². The Bertz CT molecular complexity index is 1220. The van der Waals surface area contributed by atoms with Crippen LogP contribution in [0.3, 0.4) is 0 Å². The highest BCUT2D eigenvalue weighted by molar-refractivity contribution is 14.2. The fourth-order valence-electron chi connectivity index (χ4n) is 3.20. The summed E-state index contributed by atoms with van der Waals surface area (Å²) in [5.74, 6) is -1.65. The van der Waals surface area contributed by atoms with E-state index in [0.717, 1.165) is 12.8 Å². The van der Waals surface area contributed by atoms with Crippen LogP contribution in [-0.4, -0.2) is 38.4 Å². The minimum absolute atomic E-state index is 0.0674. The normalized spacial score (nSPS) is 13.8. The maximum Gasteiger partial charge on any atom is 0.339 e. The van der Waals surface area contributed by atoms with Gasteiger partial charge < -0.3 is 20.5 Å². The molecule has 4 rings (SSSR count). The number of hydrogen-bond donors (Lipinski definition) is 3. The standard InChI is InChI=1S/C19H17F2IN5O4P/c1-31-14-9(19(29)30)3-2-4-10(14)23-11-7-12(25-18(28)8-5-6-8)24-16-13(11)26-17(15(20)21)27(16)32-22/h2-4,7-8,15,32H,5-6H2,1H3,(H,29,30)(H2,23,24,25,28). The predicted octanol–water partition coefficient (Wildman–Crippen LogP) is 4.96. The number of halogens is 3. The summed E-state index contributed by atoms with van der Waals surface area (Å²) in [6.07, 6.45) is -1.34. The van der Waals surface area contributed by atoms with Crippen molar-refractivity contribution < 1.29 is 28.2 Å². The molecule has 13 heteroatoms. The Hall–Kier alpha value is -2.60. The second-order valence-corrected chi connectivity index (χ2v) is 9.06. The lowest BCUT2D eigenvalue weighted by Crippen LogP contribution is -2.14. The maximum absolute atomic E-state index is 13.6. The van der Waals surface area contributed by atoms with Crippen molar-refractivity contribution in [1.82, 2.24) is 14.3 Å². The lowest BCUT2D eigenvalue weighted by atomic mass is 10.1. The summed E-state index contributed by atoms with van der Waals surface area (Å²) in [4.78, 5) is 32.3. The third-order valence-corrected chi connectivity index (χ3v) is 6.90. The second kappa shape index (κ2) is 9.10. The molecule has 168 valence electrons. The number of alkyl halides is 2. The zero-order chi connectivity index (χ0) is 23.0. The molecular formula is C19H17F2IN5O4P. The summed E-state index contributed by atoms with van der Waals surface area (Å²) < 4.78 is 33.8. The third-order valence-electron chi connectivity index (χ3n) is 4.84. The van der Waals surface area contributed by atoms with Gasteiger partial charge in [-0.25, -0.2) is 23.5 Å². The molecule has 1 unspecified atom stereocenters. The van der Waals surface area contributed by atoms with Gasteiger partial charge in [-0.1, -0.05) is 6.07 Å². The molecule has 0 radical (unpaired) electrons. The van der Waals surface area contributed by atoms with Gasteiger partial charge in [-0.05, 0) is 47.0 Å². The summed E-state index contributed by atoms with van der Waals surface area (Å²) in [6, 6.07) is 5.98. The van der Waals surface area contributed by atoms with E-state index < -0.39 is 18.2 Å². The molecule has 0 spiro atoms. The molecule has 3 N–H and O–H groups in total. The van der Waals surface area contributed by atoms with Crippen LogP contribution in [0.25, 0.3) is 11.2 Å². The van der Waals surface area contributed by atoms with Crippen molar-refractivity contribution in [1.29, 1.82) is 0 Å². The molecule has 2 aromatic heterocycles. The van der Waals surface area contributed by atoms with Crippen molar-refractivity contribution in [2.24, 2.45) is 5.92 Å². The number of imidazole rings is 1. The largest absolute Gasteiger partial charge is 0.494 e. The van der Waals surface area contributed by atoms with Crippen molar-refractivity contribution in [3.63, 3.8) is 0 Å². The molecule has 3 aromatic rings. The number of carboxylic acids is 1. The average Bonchev–Trinajstić information content (AvgIpc) is 3.54. The van der Waals surface area contributed by atoms with Gasteiger partial charge in [0.1, 0.15) is 16.9 Å². The van der Waals surface area contributed by atoms with Gasteiger partial charge in [-0.2, -0.15) is 0 Å². The predicted molar refractivity (Wildman–Crippen MR) is 125 cm³/mol. The van der Waals surface area contributed by atoms with Crippen LogP contribution in [0.1, 0.15) is 35.4 Å². The monoisotopic (exact) mass is 575 g/mol. The number of carbonyl (C=O) groups is 2. The van der Waals surface area contributed by atoms with Gasteiger partial charge in [0.2, 0.25) is 5.91 Å². The maximum atomic E-state index is 13.6. The van der Waals surface area contributed by atoms with Gasteiger partial charge in [0.05, 0.1) is 24.9 Å². The Morgan fingerprint density at radius 3 is 2.66 bits per heavy atom. The van der Waals surface area contributed by atoms with Crippen LogP contribution in [0.15, 0.2) is 24.3 Å². The topological polar surface area (TPSA) is 118 Å². The SMILES string of the molecule is COc1c(Nc2cc(NC(=O)C3CC3)nc3c2nc(C(F)F)n3PI)cccc1C(=O)O. The number of fused-ring (bicyclic) bond motifs is 1. The van der Waals surface area contributed by atoms with Gasteiger partial charge in [0, 0.05) is 12.0 Å². The number of benzene rings is 1. The number of pyridine rings is 1. The van der Waals surface area contributed by atoms with E-state index in [1.165, 1.54) is 29.6 Å². The zero-order valence-electron chi connectivity index (χ0n) is 16.5. The Labute approximate surface area is 195 Å². The Morgan fingerprint density at radius 1 is 1.31 bits per heavy atom. The first kappa shape index (κ1) is 22.6. The Balaban J connectivity index is 1.86. The molecule has 1 saturated carbocycles. The second-order valence-electron chi connectivity index (χ2n) is 7.00. The number of anilines is 3. The average molecular weight is 575 g/mol. The number of carboxylic acid groups (broad SMARTS) is 1. The number of aromatic nitrogens is 3. The summed E-state index contributed by atoms with van der Waals surface area (Å²) >= 11 is 1.96. The summed E-state index contributed by atoms with van der Waals surface area (Å²) in [6.45, 7) is 0. The first-order chi connectivity index (χ1) is 15.3. The number of methoxy groups -OCH3 is 1. The molecule has 1 amide bonds. The molecule has 9 nitrogen and oxygen atoms in total. The summed E-state index contributed by atoms with van der Waals surface area (Å²) in [5, 5.41) is 15.2. The zero-order valence-corrected chi connectivity index (χ0v) is 19.7. The van der Waals surface area contributed by atoms with E-state index in [2.05, 4.69) is 20.6 Å². The number of nitrogens with zero attached hydrogens (tertiary/aromatic N) is 3. The van der Waals surface area contributed by atoms with E-state index in [1.807, 2.05) is 22.0 Å². The van der Waals surface area contributed by atoms with Crippen molar-refractivity contribution in [3.8, 4) is 5.75 Å². The van der Waals surface area contributed by atoms with Crippen molar-refractivity contribution in [2.45, 2.75) is 19.3 Å². The molecule has 32 heavy (non-hydrogen) atoms. The van der Waals surface area contributed by atoms with Crippen molar-refractivity contribution in [3.05, 3.63) is 35.7 Å². The van der Waals surface area contributed by atoms with Crippen LogP contribution in [0.4, 0.5) is 26.0 Å². The number of ether oxygens (including phenoxy) is 1. The van der Waals surface area contributed by atoms with Crippen molar-refractivity contribution in [2.75, 3.05) is 17.7 Å². The fraction of sp³-hybridized carbons (Fsp3) is 0.263. The lowest BCUT2D eigenvalue weighted by Gasteiger charge is -2.15. The number of amides is 1. The highest BCUT2D eigenvalue weighted by atomic mass is 127. The molecule has 0 bridgehead atoms. The van der Waals surface area contributed by atoms with Crippen LogP contribution in [-0.2, 0) is 4.79 Å². The first-order valence-corrected chi connectivity index (χ1v) is 13.5. The minimum atomic E-state index is -2.83. The van der Waals surface area contributed by atoms with E-state index in [-0.39, 0.29) is 52.2 Å². The molecule has 2 heterocycles. The van der Waals surface area contributed by atoms with Crippen LogP contribution in [0, 0.1) is 5.92 Å². The van der Waals surface area contributed by atoms with Gasteiger partial charge in [0.25, 0.3) is 6.43 Å². The smallest absolute Gasteiger partial charge is 0.339 e. The van der Waals surface area contributed by atoms with Crippen molar-refractivity contribution >= 4 is 68.6 Å². The van der Waals surface area contributed by atoms with E-state index >= 15 is 0 Å². The molecule has 0 saturated heterocycles. The number of aromatic carboxylic acids is 1. The molecular weight excluding hydrogens is 558 g/mol. The molecule has 0 aliphatic heterocycles. The van der Waals surface area contributed by atoms with E-state index in [0.29, 0.717) is 5.69 Å². The summed E-state index contributed by atoms with van der Waals surface area (Å²) in [5.41, 5.74) is 0.841. The third kappa shape index (κ3) is 4.33. The van der Waals surface area contributed by atoms with Crippen LogP contribution < -0.4 is 15.4 Å². The summed E-state index contributed by atoms with van der Waals surface area (Å²) in [7, 11) is 1.33. The first-order valence-electron chi connectivity index (χ1n) is 9.40. The quantitative estimate of drug-likeness (QED) is 0.257. The fourth-order valence-corrected chi connectivity index (χ4v) is 5.09. The van der Waals surface area contributed by atoms with E-state index in [1.54, 1.807) is 6.07 Å². The number of carbonyl (C=O) groups excluding carboxylic acids is 1. The van der Waals surface area contributed by atoms with Crippen LogP contribution >= 0.6 is 28.4 Å². The molecule has 1 aromatic carbocycles. The molecule has 1 atom stereocenters. The van der Waals surface area contributed by atoms with Crippen LogP contribution in [0.2, 0.25) is 0 Å². The lowest BCUT2D eigenvalue weighted by molar-refractivity contribution is -0.117. The Kier molecular flexibility index (Phi) is 6.42. The van der Waals surface area contributed by atoms with Gasteiger partial charge in [-0.3, -0.25) is 9.13 Å².